The fourth-order valence-electron chi connectivity index (χ4n) is 5.63. The van der Waals surface area contributed by atoms with Gasteiger partial charge in [0.05, 0.1) is 0 Å². The zero-order valence-corrected chi connectivity index (χ0v) is 24.1. The van der Waals surface area contributed by atoms with Gasteiger partial charge in [0.25, 0.3) is 5.91 Å². The maximum atomic E-state index is 14.1. The first kappa shape index (κ1) is 26.9. The van der Waals surface area contributed by atoms with Gasteiger partial charge in [0.15, 0.2) is 0 Å². The van der Waals surface area contributed by atoms with Gasteiger partial charge >= 0.3 is 6.09 Å². The van der Waals surface area contributed by atoms with E-state index in [1.54, 1.807) is 4.90 Å². The smallest absolute Gasteiger partial charge is 0.410 e. The Bertz CT molecular complexity index is 1180. The number of carbonyl (C=O) groups is 2. The highest BCUT2D eigenvalue weighted by Gasteiger charge is 2.50. The Morgan fingerprint density at radius 3 is 2.39 bits per heavy atom. The van der Waals surface area contributed by atoms with E-state index in [0.717, 1.165) is 41.9 Å². The molecular weight excluding hydrogens is 544 g/mol. The van der Waals surface area contributed by atoms with Crippen LogP contribution in [0.3, 0.4) is 0 Å². The van der Waals surface area contributed by atoms with Gasteiger partial charge in [0, 0.05) is 49.3 Å². The number of hydrogen-bond donors (Lipinski definition) is 0. The molecule has 3 heterocycles. The van der Waals surface area contributed by atoms with Crippen LogP contribution >= 0.6 is 15.9 Å². The van der Waals surface area contributed by atoms with Crippen molar-refractivity contribution in [3.05, 3.63) is 70.2 Å². The first-order valence-electron chi connectivity index (χ1n) is 13.5. The van der Waals surface area contributed by atoms with Crippen molar-refractivity contribution in [1.29, 1.82) is 0 Å². The number of likely N-dealkylation sites (tertiary alicyclic amines) is 2. The first-order valence-corrected chi connectivity index (χ1v) is 14.3. The van der Waals surface area contributed by atoms with E-state index in [1.165, 1.54) is 5.56 Å². The summed E-state index contributed by atoms with van der Waals surface area (Å²) in [5, 5.41) is 0. The third-order valence-electron chi connectivity index (χ3n) is 7.63. The quantitative estimate of drug-likeness (QED) is 0.479. The summed E-state index contributed by atoms with van der Waals surface area (Å²) in [6.45, 7) is 9.99. The van der Waals surface area contributed by atoms with E-state index in [9.17, 15) is 9.59 Å². The zero-order valence-electron chi connectivity index (χ0n) is 22.5. The van der Waals surface area contributed by atoms with Gasteiger partial charge in [-0.2, -0.15) is 0 Å². The second kappa shape index (κ2) is 10.8. The molecule has 202 valence electrons. The summed E-state index contributed by atoms with van der Waals surface area (Å²) < 4.78 is 6.57. The minimum absolute atomic E-state index is 0.102. The number of hydrogen-bond acceptors (Lipinski definition) is 5. The lowest BCUT2D eigenvalue weighted by Crippen LogP contribution is -2.50. The molecule has 0 N–H and O–H groups in total. The predicted octanol–water partition coefficient (Wildman–Crippen LogP) is 5.33. The van der Waals surface area contributed by atoms with Crippen LogP contribution in [0.1, 0.15) is 51.2 Å². The molecule has 1 spiro atoms. The fourth-order valence-corrected chi connectivity index (χ4v) is 5.89. The average molecular weight is 582 g/mol. The minimum atomic E-state index is -0.709. The van der Waals surface area contributed by atoms with Crippen LogP contribution in [0.4, 0.5) is 4.79 Å². The summed E-state index contributed by atoms with van der Waals surface area (Å²) in [7, 11) is 0. The van der Waals surface area contributed by atoms with Crippen LogP contribution < -0.4 is 0 Å². The van der Waals surface area contributed by atoms with E-state index in [2.05, 4.69) is 45.1 Å². The molecule has 0 saturated carbocycles. The lowest BCUT2D eigenvalue weighted by Gasteiger charge is -2.36. The first-order chi connectivity index (χ1) is 18.1. The van der Waals surface area contributed by atoms with E-state index in [-0.39, 0.29) is 17.9 Å². The van der Waals surface area contributed by atoms with Gasteiger partial charge in [-0.3, -0.25) is 19.6 Å². The van der Waals surface area contributed by atoms with Crippen molar-refractivity contribution < 1.29 is 14.3 Å². The molecule has 8 heteroatoms. The van der Waals surface area contributed by atoms with Crippen LogP contribution in [0, 0.1) is 5.92 Å². The summed E-state index contributed by atoms with van der Waals surface area (Å²) in [5.41, 5.74) is 1.01. The lowest BCUT2D eigenvalue weighted by molar-refractivity contribution is -0.133. The highest BCUT2D eigenvalue weighted by molar-refractivity contribution is 9.10. The van der Waals surface area contributed by atoms with Crippen LogP contribution in [0.2, 0.25) is 0 Å². The molecule has 7 nitrogen and oxygen atoms in total. The molecule has 38 heavy (non-hydrogen) atoms. The normalized spacial score (nSPS) is 21.7. The second-order valence-electron chi connectivity index (χ2n) is 11.7. The van der Waals surface area contributed by atoms with Crippen molar-refractivity contribution in [2.45, 2.75) is 57.7 Å². The lowest BCUT2D eigenvalue weighted by atomic mass is 9.87. The topological polar surface area (TPSA) is 65.5 Å². The average Bonchev–Trinajstić information content (AvgIpc) is 3.45. The maximum absolute atomic E-state index is 14.1. The van der Waals surface area contributed by atoms with Gasteiger partial charge in [0.2, 0.25) is 0 Å². The molecule has 0 bridgehead atoms. The minimum Gasteiger partial charge on any atom is -0.444 e. The molecule has 1 unspecified atom stereocenters. The Hall–Kier alpha value is -2.71. The van der Waals surface area contributed by atoms with Gasteiger partial charge < -0.3 is 9.64 Å². The number of rotatable bonds is 5. The summed E-state index contributed by atoms with van der Waals surface area (Å²) in [4.78, 5) is 37.9. The summed E-state index contributed by atoms with van der Waals surface area (Å²) in [6.07, 6.45) is 1.99. The predicted molar refractivity (Wildman–Crippen MR) is 152 cm³/mol. The van der Waals surface area contributed by atoms with Crippen molar-refractivity contribution in [3.8, 4) is 0 Å². The molecule has 3 aliphatic heterocycles. The zero-order chi connectivity index (χ0) is 26.9. The molecule has 2 aromatic rings. The Labute approximate surface area is 234 Å². The number of halogens is 1. The van der Waals surface area contributed by atoms with Crippen LogP contribution in [0.5, 0.6) is 0 Å². The Balaban J connectivity index is 1.31. The van der Waals surface area contributed by atoms with Crippen LogP contribution in [0.15, 0.2) is 64.1 Å². The van der Waals surface area contributed by atoms with E-state index >= 15 is 0 Å². The SMILES string of the molecule is CC(C)(C)OC(=O)N1CCC(CN2C(=O)C3(CCN(Cc4ccccc4)CC3)N=C2c2ccc(Br)cc2)C1. The van der Waals surface area contributed by atoms with Gasteiger partial charge in [0.1, 0.15) is 17.0 Å². The molecule has 2 aromatic carbocycles. The molecule has 2 amide bonds. The van der Waals surface area contributed by atoms with Gasteiger partial charge in [-0.15, -0.1) is 0 Å². The molecular formula is C30H37BrN4O3. The van der Waals surface area contributed by atoms with Crippen LogP contribution in [-0.4, -0.2) is 76.4 Å². The molecule has 0 radical (unpaired) electrons. The number of ether oxygens (including phenoxy) is 1. The van der Waals surface area contributed by atoms with Gasteiger partial charge in [-0.1, -0.05) is 58.4 Å². The highest BCUT2D eigenvalue weighted by Crippen LogP contribution is 2.37. The molecule has 2 fully saturated rings. The van der Waals surface area contributed by atoms with Gasteiger partial charge in [-0.05, 0) is 63.6 Å². The summed E-state index contributed by atoms with van der Waals surface area (Å²) in [5.74, 6) is 1.04. The van der Waals surface area contributed by atoms with Crippen molar-refractivity contribution in [2.24, 2.45) is 10.9 Å². The van der Waals surface area contributed by atoms with E-state index in [4.69, 9.17) is 9.73 Å². The van der Waals surface area contributed by atoms with Crippen molar-refractivity contribution in [2.75, 3.05) is 32.7 Å². The maximum Gasteiger partial charge on any atom is 0.410 e. The number of aliphatic imine (C=N–C) groups is 1. The van der Waals surface area contributed by atoms with Crippen molar-refractivity contribution in [1.82, 2.24) is 14.7 Å². The summed E-state index contributed by atoms with van der Waals surface area (Å²) in [6, 6.07) is 18.5. The van der Waals surface area contributed by atoms with Crippen molar-refractivity contribution in [3.63, 3.8) is 0 Å². The number of amidine groups is 1. The Morgan fingerprint density at radius 2 is 1.74 bits per heavy atom. The second-order valence-corrected chi connectivity index (χ2v) is 12.6. The molecule has 3 aliphatic rings. The van der Waals surface area contributed by atoms with Gasteiger partial charge in [-0.25, -0.2) is 4.79 Å². The van der Waals surface area contributed by atoms with E-state index in [1.807, 2.05) is 56.0 Å². The van der Waals surface area contributed by atoms with Crippen LogP contribution in [0.25, 0.3) is 0 Å². The fraction of sp³-hybridized carbons (Fsp3) is 0.500. The van der Waals surface area contributed by atoms with E-state index in [0.29, 0.717) is 32.5 Å². The number of piperidine rings is 1. The largest absolute Gasteiger partial charge is 0.444 e. The molecule has 5 rings (SSSR count). The molecule has 0 aromatic heterocycles. The number of benzene rings is 2. The summed E-state index contributed by atoms with van der Waals surface area (Å²) >= 11 is 3.52. The third-order valence-corrected chi connectivity index (χ3v) is 8.16. The standard InChI is InChI=1S/C30H37BrN4O3/c1-29(2,3)38-28(37)34-16-13-23(20-34)21-35-26(24-9-11-25(31)12-10-24)32-30(27(35)36)14-17-33(18-15-30)19-22-7-5-4-6-8-22/h4-12,23H,13-21H2,1-3H3. The number of amides is 2. The molecule has 0 aliphatic carbocycles. The van der Waals surface area contributed by atoms with E-state index < -0.39 is 11.1 Å². The molecule has 1 atom stereocenters. The Kier molecular flexibility index (Phi) is 7.65. The number of carbonyl (C=O) groups excluding carboxylic acids is 2. The van der Waals surface area contributed by atoms with Crippen molar-refractivity contribution >= 4 is 33.8 Å². The number of nitrogens with zero attached hydrogens (tertiary/aromatic N) is 4. The highest BCUT2D eigenvalue weighted by atomic mass is 79.9. The Morgan fingerprint density at radius 1 is 1.05 bits per heavy atom. The third kappa shape index (κ3) is 5.96. The monoisotopic (exact) mass is 580 g/mol. The van der Waals surface area contributed by atoms with Crippen LogP contribution in [-0.2, 0) is 16.1 Å². The molecule has 2 saturated heterocycles.